The van der Waals surface area contributed by atoms with E-state index in [1.54, 1.807) is 0 Å². The van der Waals surface area contributed by atoms with Gasteiger partial charge >= 0.3 is 0 Å². The van der Waals surface area contributed by atoms with Gasteiger partial charge in [0.05, 0.1) is 12.6 Å². The van der Waals surface area contributed by atoms with Crippen LogP contribution in [0.4, 0.5) is 5.69 Å². The molecule has 3 aromatic rings. The molecular formula is C21H21N5O. The number of rotatable bonds is 2. The third kappa shape index (κ3) is 2.92. The summed E-state index contributed by atoms with van der Waals surface area (Å²) in [7, 11) is 0. The predicted octanol–water partition coefficient (Wildman–Crippen LogP) is 2.71. The Bertz CT molecular complexity index is 981. The first-order chi connectivity index (χ1) is 13.3. The molecule has 2 aliphatic heterocycles. The molecule has 0 radical (unpaired) electrons. The highest BCUT2D eigenvalue weighted by Gasteiger charge is 2.32. The maximum absolute atomic E-state index is 12.8. The molecule has 0 bridgehead atoms. The highest BCUT2D eigenvalue weighted by Crippen LogP contribution is 2.27. The summed E-state index contributed by atoms with van der Waals surface area (Å²) in [6, 6.07) is 18.1. The van der Waals surface area contributed by atoms with Gasteiger partial charge in [-0.3, -0.25) is 9.69 Å². The lowest BCUT2D eigenvalue weighted by atomic mass is 10.0. The van der Waals surface area contributed by atoms with E-state index < -0.39 is 0 Å². The Kier molecular flexibility index (Phi) is 3.98. The van der Waals surface area contributed by atoms with E-state index in [2.05, 4.69) is 43.2 Å². The molecule has 5 rings (SSSR count). The van der Waals surface area contributed by atoms with Crippen molar-refractivity contribution in [2.75, 3.05) is 11.9 Å². The topological polar surface area (TPSA) is 63.1 Å². The molecule has 3 heterocycles. The molecule has 2 aliphatic rings. The third-order valence-corrected chi connectivity index (χ3v) is 5.52. The van der Waals surface area contributed by atoms with Crippen molar-refractivity contribution >= 4 is 11.6 Å². The quantitative estimate of drug-likeness (QED) is 0.764. The van der Waals surface area contributed by atoms with E-state index in [0.29, 0.717) is 6.54 Å². The maximum atomic E-state index is 12.8. The third-order valence-electron chi connectivity index (χ3n) is 5.52. The van der Waals surface area contributed by atoms with Crippen LogP contribution in [0.2, 0.25) is 0 Å². The van der Waals surface area contributed by atoms with Crippen molar-refractivity contribution in [3.63, 3.8) is 0 Å². The molecular weight excluding hydrogens is 338 g/mol. The number of aryl methyl sites for hydroxylation is 1. The minimum atomic E-state index is -0.136. The molecule has 1 aromatic heterocycles. The fourth-order valence-corrected chi connectivity index (χ4v) is 4.09. The average molecular weight is 359 g/mol. The van der Waals surface area contributed by atoms with Gasteiger partial charge in [-0.25, -0.2) is 0 Å². The molecule has 2 aromatic carbocycles. The molecule has 0 spiro atoms. The molecule has 1 atom stereocenters. The van der Waals surface area contributed by atoms with Crippen LogP contribution in [0.1, 0.15) is 17.8 Å². The normalized spacial score (nSPS) is 19.7. The fourth-order valence-electron chi connectivity index (χ4n) is 4.09. The lowest BCUT2D eigenvalue weighted by molar-refractivity contribution is -0.122. The number of benzene rings is 2. The Balaban J connectivity index is 1.37. The molecule has 6 nitrogen and oxygen atoms in total. The van der Waals surface area contributed by atoms with Crippen molar-refractivity contribution in [2.45, 2.75) is 32.0 Å². The number of carbonyl (C=O) groups excluding carboxylic acids is 1. The number of fused-ring (bicyclic) bond motifs is 2. The monoisotopic (exact) mass is 359 g/mol. The van der Waals surface area contributed by atoms with E-state index in [1.165, 1.54) is 5.56 Å². The minimum absolute atomic E-state index is 0.0798. The van der Waals surface area contributed by atoms with E-state index >= 15 is 0 Å². The van der Waals surface area contributed by atoms with Gasteiger partial charge in [0, 0.05) is 24.3 Å². The van der Waals surface area contributed by atoms with Crippen LogP contribution in [0.3, 0.4) is 0 Å². The van der Waals surface area contributed by atoms with Crippen LogP contribution >= 0.6 is 0 Å². The molecule has 0 saturated heterocycles. The molecule has 1 unspecified atom stereocenters. The van der Waals surface area contributed by atoms with E-state index in [1.807, 2.05) is 36.4 Å². The SMILES string of the molecule is O=C1Nc2ccccc2CCC1N1CCn2c(nnc2-c2ccccc2)C1. The van der Waals surface area contributed by atoms with Gasteiger partial charge in [0.2, 0.25) is 5.91 Å². The molecule has 0 saturated carbocycles. The maximum Gasteiger partial charge on any atom is 0.241 e. The summed E-state index contributed by atoms with van der Waals surface area (Å²) in [6.07, 6.45) is 1.72. The van der Waals surface area contributed by atoms with E-state index in [0.717, 1.165) is 48.8 Å². The van der Waals surface area contributed by atoms with Crippen molar-refractivity contribution in [2.24, 2.45) is 0 Å². The van der Waals surface area contributed by atoms with Gasteiger partial charge in [-0.05, 0) is 24.5 Å². The van der Waals surface area contributed by atoms with Crippen molar-refractivity contribution in [1.29, 1.82) is 0 Å². The first kappa shape index (κ1) is 16.2. The zero-order chi connectivity index (χ0) is 18.2. The highest BCUT2D eigenvalue weighted by molar-refractivity contribution is 5.96. The van der Waals surface area contributed by atoms with Crippen LogP contribution in [0, 0.1) is 0 Å². The predicted molar refractivity (Wildman–Crippen MR) is 103 cm³/mol. The van der Waals surface area contributed by atoms with Crippen molar-refractivity contribution in [3.05, 3.63) is 66.0 Å². The number of hydrogen-bond donors (Lipinski definition) is 1. The molecule has 0 fully saturated rings. The van der Waals surface area contributed by atoms with E-state index in [-0.39, 0.29) is 11.9 Å². The van der Waals surface area contributed by atoms with Crippen LogP contribution in [-0.4, -0.2) is 38.2 Å². The zero-order valence-corrected chi connectivity index (χ0v) is 15.0. The second-order valence-corrected chi connectivity index (χ2v) is 7.13. The molecule has 6 heteroatoms. The highest BCUT2D eigenvalue weighted by atomic mass is 16.2. The summed E-state index contributed by atoms with van der Waals surface area (Å²) in [5, 5.41) is 11.9. The van der Waals surface area contributed by atoms with Crippen LogP contribution in [0.5, 0.6) is 0 Å². The largest absolute Gasteiger partial charge is 0.324 e. The Hall–Kier alpha value is -2.99. The van der Waals surface area contributed by atoms with Gasteiger partial charge in [-0.2, -0.15) is 0 Å². The van der Waals surface area contributed by atoms with Gasteiger partial charge < -0.3 is 9.88 Å². The standard InChI is InChI=1S/C21H21N5O/c27-21-18(11-10-15-6-4-5-9-17(15)22-21)25-12-13-26-19(14-25)23-24-20(26)16-7-2-1-3-8-16/h1-9,18H,10-14H2,(H,22,27). The van der Waals surface area contributed by atoms with Crippen LogP contribution in [-0.2, 0) is 24.3 Å². The number of nitrogens with zero attached hydrogens (tertiary/aromatic N) is 4. The van der Waals surface area contributed by atoms with E-state index in [9.17, 15) is 4.79 Å². The van der Waals surface area contributed by atoms with Crippen molar-refractivity contribution in [1.82, 2.24) is 19.7 Å². The number of hydrogen-bond acceptors (Lipinski definition) is 4. The Morgan fingerprint density at radius 1 is 0.963 bits per heavy atom. The lowest BCUT2D eigenvalue weighted by Crippen LogP contribution is -2.47. The van der Waals surface area contributed by atoms with Gasteiger partial charge in [0.25, 0.3) is 0 Å². The van der Waals surface area contributed by atoms with Gasteiger partial charge in [0.1, 0.15) is 5.82 Å². The first-order valence-corrected chi connectivity index (χ1v) is 9.40. The van der Waals surface area contributed by atoms with Gasteiger partial charge in [-0.15, -0.1) is 10.2 Å². The Morgan fingerprint density at radius 3 is 2.67 bits per heavy atom. The Labute approximate surface area is 157 Å². The van der Waals surface area contributed by atoms with Gasteiger partial charge in [-0.1, -0.05) is 48.5 Å². The fraction of sp³-hybridized carbons (Fsp3) is 0.286. The zero-order valence-electron chi connectivity index (χ0n) is 15.0. The second kappa shape index (κ2) is 6.63. The molecule has 1 amide bonds. The van der Waals surface area contributed by atoms with E-state index in [4.69, 9.17) is 0 Å². The number of nitrogens with one attached hydrogen (secondary N) is 1. The second-order valence-electron chi connectivity index (χ2n) is 7.13. The summed E-state index contributed by atoms with van der Waals surface area (Å²) in [5.74, 6) is 1.91. The number of carbonyl (C=O) groups is 1. The van der Waals surface area contributed by atoms with Gasteiger partial charge in [0.15, 0.2) is 5.82 Å². The first-order valence-electron chi connectivity index (χ1n) is 9.40. The minimum Gasteiger partial charge on any atom is -0.324 e. The summed E-state index contributed by atoms with van der Waals surface area (Å²) in [4.78, 5) is 15.1. The molecule has 27 heavy (non-hydrogen) atoms. The summed E-state index contributed by atoms with van der Waals surface area (Å²) < 4.78 is 2.18. The number of amides is 1. The van der Waals surface area contributed by atoms with Crippen molar-refractivity contribution in [3.8, 4) is 11.4 Å². The lowest BCUT2D eigenvalue weighted by Gasteiger charge is -2.33. The molecule has 136 valence electrons. The molecule has 1 N–H and O–H groups in total. The smallest absolute Gasteiger partial charge is 0.241 e. The Morgan fingerprint density at radius 2 is 1.78 bits per heavy atom. The summed E-state index contributed by atoms with van der Waals surface area (Å²) in [5.41, 5.74) is 3.23. The average Bonchev–Trinajstić information content (AvgIpc) is 3.05. The summed E-state index contributed by atoms with van der Waals surface area (Å²) in [6.45, 7) is 2.26. The number of anilines is 1. The van der Waals surface area contributed by atoms with Crippen LogP contribution in [0.25, 0.3) is 11.4 Å². The summed E-state index contributed by atoms with van der Waals surface area (Å²) >= 11 is 0. The number of para-hydroxylation sites is 1. The van der Waals surface area contributed by atoms with Crippen LogP contribution < -0.4 is 5.32 Å². The van der Waals surface area contributed by atoms with Crippen molar-refractivity contribution < 1.29 is 4.79 Å². The number of aromatic nitrogens is 3. The molecule has 0 aliphatic carbocycles. The van der Waals surface area contributed by atoms with Crippen LogP contribution in [0.15, 0.2) is 54.6 Å².